The molecule has 2 N–H and O–H groups in total. The van der Waals surface area contributed by atoms with E-state index in [9.17, 15) is 27.6 Å². The van der Waals surface area contributed by atoms with Crippen LogP contribution in [0.5, 0.6) is 0 Å². The average molecular weight is 520 g/mol. The van der Waals surface area contributed by atoms with Crippen LogP contribution >= 0.6 is 23.2 Å². The summed E-state index contributed by atoms with van der Waals surface area (Å²) in [6, 6.07) is 16.1. The number of hydrogen-bond acceptors (Lipinski definition) is 4. The van der Waals surface area contributed by atoms with E-state index in [1.165, 1.54) is 48.5 Å². The third-order valence-corrected chi connectivity index (χ3v) is 5.52. The summed E-state index contributed by atoms with van der Waals surface area (Å²) in [4.78, 5) is 39.0. The summed E-state index contributed by atoms with van der Waals surface area (Å²) < 4.78 is 38.8. The standard InChI is InChI=1S/C24H14Cl2F3N3O3/c25-15-6-3-9-18(12-15)32-22(34)19(26)20(23(32)35)30-16-7-1-4-13(10-16)21(33)31-17-8-2-5-14(11-17)24(27,28)29/h1-12,30H,(H,31,33). The van der Waals surface area contributed by atoms with Crippen LogP contribution in [-0.4, -0.2) is 17.7 Å². The van der Waals surface area contributed by atoms with Crippen LogP contribution in [0.2, 0.25) is 5.02 Å². The van der Waals surface area contributed by atoms with Crippen LogP contribution in [0.4, 0.5) is 30.2 Å². The average Bonchev–Trinajstić information content (AvgIpc) is 3.02. The van der Waals surface area contributed by atoms with Gasteiger partial charge in [-0.25, -0.2) is 4.90 Å². The first-order valence-electron chi connectivity index (χ1n) is 9.94. The highest BCUT2D eigenvalue weighted by Crippen LogP contribution is 2.32. The lowest BCUT2D eigenvalue weighted by atomic mass is 10.1. The van der Waals surface area contributed by atoms with E-state index in [4.69, 9.17) is 23.2 Å². The van der Waals surface area contributed by atoms with Gasteiger partial charge in [0.1, 0.15) is 10.7 Å². The third-order valence-electron chi connectivity index (χ3n) is 4.94. The van der Waals surface area contributed by atoms with Crippen LogP contribution in [0.15, 0.2) is 83.5 Å². The van der Waals surface area contributed by atoms with Crippen molar-refractivity contribution in [1.82, 2.24) is 0 Å². The van der Waals surface area contributed by atoms with Crippen molar-refractivity contribution in [2.24, 2.45) is 0 Å². The summed E-state index contributed by atoms with van der Waals surface area (Å²) in [7, 11) is 0. The van der Waals surface area contributed by atoms with Crippen molar-refractivity contribution in [1.29, 1.82) is 0 Å². The molecule has 0 aliphatic carbocycles. The fraction of sp³-hybridized carbons (Fsp3) is 0.0417. The monoisotopic (exact) mass is 519 g/mol. The highest BCUT2D eigenvalue weighted by Gasteiger charge is 2.39. The Labute approximate surface area is 206 Å². The molecule has 1 aliphatic rings. The Morgan fingerprint density at radius 2 is 1.51 bits per heavy atom. The lowest BCUT2D eigenvalue weighted by Crippen LogP contribution is -2.32. The zero-order valence-electron chi connectivity index (χ0n) is 17.5. The zero-order chi connectivity index (χ0) is 25.3. The number of nitrogens with zero attached hydrogens (tertiary/aromatic N) is 1. The highest BCUT2D eigenvalue weighted by atomic mass is 35.5. The maximum atomic E-state index is 12.9. The molecule has 0 fully saturated rings. The van der Waals surface area contributed by atoms with Gasteiger partial charge in [0.15, 0.2) is 0 Å². The number of carbonyl (C=O) groups excluding carboxylic acids is 3. The van der Waals surface area contributed by atoms with E-state index in [1.807, 2.05) is 0 Å². The van der Waals surface area contributed by atoms with E-state index in [2.05, 4.69) is 10.6 Å². The van der Waals surface area contributed by atoms with Gasteiger partial charge in [0, 0.05) is 22.0 Å². The fourth-order valence-electron chi connectivity index (χ4n) is 3.32. The minimum absolute atomic E-state index is 0.0392. The molecule has 11 heteroatoms. The van der Waals surface area contributed by atoms with Crippen molar-refractivity contribution in [3.63, 3.8) is 0 Å². The van der Waals surface area contributed by atoms with Crippen molar-refractivity contribution in [3.05, 3.63) is 99.7 Å². The first-order chi connectivity index (χ1) is 16.5. The summed E-state index contributed by atoms with van der Waals surface area (Å²) in [6.45, 7) is 0. The van der Waals surface area contributed by atoms with Gasteiger partial charge >= 0.3 is 6.18 Å². The van der Waals surface area contributed by atoms with Gasteiger partial charge in [-0.05, 0) is 54.6 Å². The summed E-state index contributed by atoms with van der Waals surface area (Å²) in [6.07, 6.45) is -4.55. The molecule has 35 heavy (non-hydrogen) atoms. The van der Waals surface area contributed by atoms with Gasteiger partial charge in [-0.3, -0.25) is 14.4 Å². The number of rotatable bonds is 5. The molecule has 0 saturated heterocycles. The first-order valence-corrected chi connectivity index (χ1v) is 10.7. The minimum Gasteiger partial charge on any atom is -0.350 e. The van der Waals surface area contributed by atoms with Gasteiger partial charge < -0.3 is 10.6 Å². The van der Waals surface area contributed by atoms with E-state index in [0.29, 0.717) is 5.02 Å². The molecule has 3 amide bonds. The Morgan fingerprint density at radius 1 is 0.829 bits per heavy atom. The number of amides is 3. The van der Waals surface area contributed by atoms with Crippen LogP contribution < -0.4 is 15.5 Å². The number of halogens is 5. The Bertz CT molecular complexity index is 1390. The lowest BCUT2D eigenvalue weighted by molar-refractivity contribution is -0.137. The lowest BCUT2D eigenvalue weighted by Gasteiger charge is -2.15. The summed E-state index contributed by atoms with van der Waals surface area (Å²) in [5.74, 6) is -2.15. The molecule has 3 aromatic rings. The molecule has 0 aromatic heterocycles. The van der Waals surface area contributed by atoms with Crippen molar-refractivity contribution in [3.8, 4) is 0 Å². The molecular formula is C24H14Cl2F3N3O3. The largest absolute Gasteiger partial charge is 0.416 e. The molecule has 0 radical (unpaired) electrons. The predicted molar refractivity (Wildman–Crippen MR) is 126 cm³/mol. The number of hydrogen-bond donors (Lipinski definition) is 2. The second-order valence-corrected chi connectivity index (χ2v) is 8.17. The topological polar surface area (TPSA) is 78.5 Å². The molecule has 4 rings (SSSR count). The van der Waals surface area contributed by atoms with Gasteiger partial charge in [-0.1, -0.05) is 41.4 Å². The Morgan fingerprint density at radius 3 is 2.23 bits per heavy atom. The van der Waals surface area contributed by atoms with Crippen LogP contribution in [0.3, 0.4) is 0 Å². The van der Waals surface area contributed by atoms with E-state index in [-0.39, 0.29) is 33.4 Å². The summed E-state index contributed by atoms with van der Waals surface area (Å²) >= 11 is 12.1. The molecule has 0 atom stereocenters. The molecule has 6 nitrogen and oxygen atoms in total. The fourth-order valence-corrected chi connectivity index (χ4v) is 3.72. The second kappa shape index (κ2) is 9.44. The smallest absolute Gasteiger partial charge is 0.350 e. The van der Waals surface area contributed by atoms with Crippen molar-refractivity contribution < 1.29 is 27.6 Å². The molecule has 0 saturated carbocycles. The Hall–Kier alpha value is -3.82. The van der Waals surface area contributed by atoms with E-state index < -0.39 is 29.5 Å². The number of alkyl halides is 3. The molecular weight excluding hydrogens is 506 g/mol. The molecule has 3 aromatic carbocycles. The molecule has 178 valence electrons. The maximum Gasteiger partial charge on any atom is 0.416 e. The van der Waals surface area contributed by atoms with Gasteiger partial charge in [0.25, 0.3) is 17.7 Å². The van der Waals surface area contributed by atoms with Crippen LogP contribution in [0, 0.1) is 0 Å². The number of imide groups is 1. The van der Waals surface area contributed by atoms with E-state index in [1.54, 1.807) is 12.1 Å². The van der Waals surface area contributed by atoms with E-state index >= 15 is 0 Å². The van der Waals surface area contributed by atoms with Gasteiger partial charge in [0.2, 0.25) is 0 Å². The summed E-state index contributed by atoms with van der Waals surface area (Å²) in [5.41, 5.74) is -0.566. The molecule has 1 heterocycles. The minimum atomic E-state index is -4.55. The second-order valence-electron chi connectivity index (χ2n) is 7.35. The van der Waals surface area contributed by atoms with Crippen LogP contribution in [-0.2, 0) is 15.8 Å². The number of anilines is 3. The van der Waals surface area contributed by atoms with Gasteiger partial charge in [-0.15, -0.1) is 0 Å². The number of nitrogens with one attached hydrogen (secondary N) is 2. The number of benzene rings is 3. The normalized spacial score (nSPS) is 13.9. The molecule has 0 bridgehead atoms. The number of carbonyl (C=O) groups is 3. The van der Waals surface area contributed by atoms with E-state index in [0.717, 1.165) is 17.0 Å². The SMILES string of the molecule is O=C(Nc1cccc(C(F)(F)F)c1)c1cccc(NC2=C(Cl)C(=O)N(c3cccc(Cl)c3)C2=O)c1. The summed E-state index contributed by atoms with van der Waals surface area (Å²) in [5, 5.41) is 5.12. The predicted octanol–water partition coefficient (Wildman–Crippen LogP) is 6.05. The van der Waals surface area contributed by atoms with Crippen molar-refractivity contribution >= 4 is 58.0 Å². The quantitative estimate of drug-likeness (QED) is 0.402. The van der Waals surface area contributed by atoms with Crippen LogP contribution in [0.25, 0.3) is 0 Å². The molecule has 0 unspecified atom stereocenters. The zero-order valence-corrected chi connectivity index (χ0v) is 19.0. The van der Waals surface area contributed by atoms with Gasteiger partial charge in [0.05, 0.1) is 11.3 Å². The molecule has 0 spiro atoms. The Balaban J connectivity index is 1.53. The van der Waals surface area contributed by atoms with Crippen molar-refractivity contribution in [2.45, 2.75) is 6.18 Å². The highest BCUT2D eigenvalue weighted by molar-refractivity contribution is 6.53. The molecule has 1 aliphatic heterocycles. The first kappa shape index (κ1) is 24.3. The Kier molecular flexibility index (Phi) is 6.56. The third kappa shape index (κ3) is 5.16. The van der Waals surface area contributed by atoms with Crippen LogP contribution in [0.1, 0.15) is 15.9 Å². The van der Waals surface area contributed by atoms with Crippen molar-refractivity contribution in [2.75, 3.05) is 15.5 Å². The van der Waals surface area contributed by atoms with Gasteiger partial charge in [-0.2, -0.15) is 13.2 Å². The maximum absolute atomic E-state index is 12.9.